The lowest BCUT2D eigenvalue weighted by molar-refractivity contribution is 1.24. The molecule has 0 bridgehead atoms. The summed E-state index contributed by atoms with van der Waals surface area (Å²) < 4.78 is 0. The van der Waals surface area contributed by atoms with E-state index in [2.05, 4.69) is 168 Å². The number of rotatable bonds is 0. The number of aryl methyl sites for hydroxylation is 12. The van der Waals surface area contributed by atoms with Crippen molar-refractivity contribution in [1.82, 2.24) is 0 Å². The van der Waals surface area contributed by atoms with Crippen LogP contribution in [-0.2, 0) is 0 Å². The zero-order chi connectivity index (χ0) is 32.7. The monoisotopic (exact) mass is 571 g/mol. The highest BCUT2D eigenvalue weighted by Crippen LogP contribution is 2.22. The van der Waals surface area contributed by atoms with Gasteiger partial charge in [-0.2, -0.15) is 0 Å². The molecular formula is C42H56B. The molecule has 0 atom stereocenters. The van der Waals surface area contributed by atoms with Crippen LogP contribution in [0.4, 0.5) is 0 Å². The van der Waals surface area contributed by atoms with E-state index in [-0.39, 0.29) is 0 Å². The molecule has 5 aromatic carbocycles. The molecule has 0 fully saturated rings. The van der Waals surface area contributed by atoms with Crippen LogP contribution in [0.15, 0.2) is 84.9 Å². The fourth-order valence-corrected chi connectivity index (χ4v) is 4.24. The van der Waals surface area contributed by atoms with Crippen molar-refractivity contribution >= 4 is 18.1 Å². The Kier molecular flexibility index (Phi) is 16.4. The average molecular weight is 572 g/mol. The molecule has 0 nitrogen and oxygen atoms in total. The lowest BCUT2D eigenvalue weighted by Crippen LogP contribution is -1.86. The van der Waals surface area contributed by atoms with Crippen LogP contribution in [0, 0.1) is 83.1 Å². The second-order valence-electron chi connectivity index (χ2n) is 12.0. The SMILES string of the molecule is C[B]C.Cc1cc(C)c(C)cc1C.Cc1cc2cc(C)c(C)cc2cc1C.Cc1ccccc1C.Cc1ccccc1C. The average Bonchev–Trinajstić information content (AvgIpc) is 2.94. The Hall–Kier alpha value is -3.58. The highest BCUT2D eigenvalue weighted by atomic mass is 14.1. The normalized spacial score (nSPS) is 9.63. The summed E-state index contributed by atoms with van der Waals surface area (Å²) in [4.78, 5) is 0. The Labute approximate surface area is 265 Å². The van der Waals surface area contributed by atoms with Gasteiger partial charge in [0.2, 0.25) is 0 Å². The van der Waals surface area contributed by atoms with Crippen LogP contribution >= 0.6 is 0 Å². The van der Waals surface area contributed by atoms with Gasteiger partial charge >= 0.3 is 0 Å². The quantitative estimate of drug-likeness (QED) is 0.162. The second kappa shape index (κ2) is 18.9. The van der Waals surface area contributed by atoms with Gasteiger partial charge < -0.3 is 0 Å². The molecule has 1 radical (unpaired) electrons. The summed E-state index contributed by atoms with van der Waals surface area (Å²) in [6, 6.07) is 30.3. The predicted octanol–water partition coefficient (Wildman–Crippen LogP) is 12.4. The molecule has 0 unspecified atom stereocenters. The smallest absolute Gasteiger partial charge is 0.0922 e. The molecule has 5 aromatic rings. The van der Waals surface area contributed by atoms with Crippen molar-refractivity contribution in [3.63, 3.8) is 0 Å². The number of fused-ring (bicyclic) bond motifs is 1. The van der Waals surface area contributed by atoms with Crippen molar-refractivity contribution < 1.29 is 0 Å². The molecule has 0 heterocycles. The zero-order valence-corrected chi connectivity index (χ0v) is 29.7. The molecule has 0 aliphatic rings. The van der Waals surface area contributed by atoms with Gasteiger partial charge in [0.15, 0.2) is 0 Å². The molecule has 0 N–H and O–H groups in total. The molecule has 5 rings (SSSR count). The molecule has 0 amide bonds. The summed E-state index contributed by atoms with van der Waals surface area (Å²) in [6.07, 6.45) is 0. The molecule has 0 spiro atoms. The van der Waals surface area contributed by atoms with E-state index in [4.69, 9.17) is 0 Å². The molecule has 227 valence electrons. The number of hydrogen-bond acceptors (Lipinski definition) is 0. The molecule has 0 aromatic heterocycles. The van der Waals surface area contributed by atoms with E-state index in [1.165, 1.54) is 77.5 Å². The highest BCUT2D eigenvalue weighted by Gasteiger charge is 2.00. The first-order valence-corrected chi connectivity index (χ1v) is 15.5. The minimum Gasteiger partial charge on any atom is -0.0922 e. The van der Waals surface area contributed by atoms with Gasteiger partial charge in [0, 0.05) is 0 Å². The maximum atomic E-state index is 2.27. The van der Waals surface area contributed by atoms with Gasteiger partial charge in [-0.1, -0.05) is 98.6 Å². The molecule has 43 heavy (non-hydrogen) atoms. The minimum absolute atomic E-state index is 1.36. The van der Waals surface area contributed by atoms with Crippen LogP contribution in [0.3, 0.4) is 0 Å². The summed E-state index contributed by atoms with van der Waals surface area (Å²) in [5.41, 5.74) is 16.5. The Balaban J connectivity index is 0.000000285. The van der Waals surface area contributed by atoms with Gasteiger partial charge in [-0.05, 0) is 161 Å². The summed E-state index contributed by atoms with van der Waals surface area (Å²) in [5.74, 6) is 0. The Morgan fingerprint density at radius 1 is 0.279 bits per heavy atom. The van der Waals surface area contributed by atoms with Crippen molar-refractivity contribution in [1.29, 1.82) is 0 Å². The van der Waals surface area contributed by atoms with Crippen LogP contribution in [0.5, 0.6) is 0 Å². The molecular weight excluding hydrogens is 515 g/mol. The van der Waals surface area contributed by atoms with Gasteiger partial charge in [-0.15, -0.1) is 0 Å². The largest absolute Gasteiger partial charge is 0.102 e. The molecule has 1 heteroatoms. The first-order chi connectivity index (χ1) is 20.2. The standard InChI is InChI=1S/C14H16.C10H14.2C8H10.C2H6B/c1-9-5-13-7-11(3)12(4)8-14(13)6-10(9)2;1-7-5-9(3)10(4)6-8(7)2;2*1-7-5-3-4-6-8(7)2;1-3-2/h5-8H,1-4H3;5-6H,1-4H3;2*3-6H,1-2H3;1-2H3. The third kappa shape index (κ3) is 13.1. The third-order valence-corrected chi connectivity index (χ3v) is 8.03. The maximum absolute atomic E-state index is 2.27. The zero-order valence-electron chi connectivity index (χ0n) is 29.7. The van der Waals surface area contributed by atoms with E-state index in [0.717, 1.165) is 0 Å². The number of hydrogen-bond donors (Lipinski definition) is 0. The van der Waals surface area contributed by atoms with Crippen molar-refractivity contribution in [3.05, 3.63) is 152 Å². The van der Waals surface area contributed by atoms with E-state index >= 15 is 0 Å². The third-order valence-electron chi connectivity index (χ3n) is 8.03. The van der Waals surface area contributed by atoms with E-state index in [1.807, 2.05) is 20.9 Å². The lowest BCUT2D eigenvalue weighted by Gasteiger charge is -2.07. The second-order valence-corrected chi connectivity index (χ2v) is 12.0. The summed E-state index contributed by atoms with van der Waals surface area (Å²) in [7, 11) is 2.00. The lowest BCUT2D eigenvalue weighted by atomic mass is 9.88. The number of benzene rings is 5. The fourth-order valence-electron chi connectivity index (χ4n) is 4.24. The van der Waals surface area contributed by atoms with Gasteiger partial charge in [0.1, 0.15) is 7.28 Å². The first-order valence-electron chi connectivity index (χ1n) is 15.5. The van der Waals surface area contributed by atoms with E-state index in [0.29, 0.717) is 0 Å². The van der Waals surface area contributed by atoms with Crippen LogP contribution in [0.1, 0.15) is 66.8 Å². The molecule has 0 aliphatic carbocycles. The van der Waals surface area contributed by atoms with E-state index < -0.39 is 0 Å². The van der Waals surface area contributed by atoms with Gasteiger partial charge in [0.05, 0.1) is 0 Å². The van der Waals surface area contributed by atoms with Crippen molar-refractivity contribution in [2.45, 2.75) is 96.7 Å². The molecule has 0 saturated heterocycles. The fraction of sp³-hybridized carbons (Fsp3) is 0.333. The summed E-state index contributed by atoms with van der Waals surface area (Å²) in [5, 5.41) is 2.72. The molecule has 0 saturated carbocycles. The Morgan fingerprint density at radius 3 is 0.605 bits per heavy atom. The topological polar surface area (TPSA) is 0 Å². The van der Waals surface area contributed by atoms with Crippen molar-refractivity contribution in [2.24, 2.45) is 0 Å². The van der Waals surface area contributed by atoms with Gasteiger partial charge in [-0.25, -0.2) is 0 Å². The maximum Gasteiger partial charge on any atom is 0.102 e. The van der Waals surface area contributed by atoms with E-state index in [9.17, 15) is 0 Å². The Morgan fingerprint density at radius 2 is 0.442 bits per heavy atom. The van der Waals surface area contributed by atoms with Gasteiger partial charge in [-0.3, -0.25) is 0 Å². The van der Waals surface area contributed by atoms with Crippen LogP contribution in [0.2, 0.25) is 13.6 Å². The minimum atomic E-state index is 1.36. The van der Waals surface area contributed by atoms with E-state index in [1.54, 1.807) is 0 Å². The first kappa shape index (κ1) is 37.5. The van der Waals surface area contributed by atoms with Crippen LogP contribution in [-0.4, -0.2) is 7.28 Å². The summed E-state index contributed by atoms with van der Waals surface area (Å²) >= 11 is 0. The van der Waals surface area contributed by atoms with Crippen molar-refractivity contribution in [3.8, 4) is 0 Å². The van der Waals surface area contributed by atoms with Crippen LogP contribution in [0.25, 0.3) is 10.8 Å². The predicted molar refractivity (Wildman–Crippen MR) is 198 cm³/mol. The summed E-state index contributed by atoms with van der Waals surface area (Å²) in [6.45, 7) is 29.8. The molecule has 0 aliphatic heterocycles. The van der Waals surface area contributed by atoms with Crippen LogP contribution < -0.4 is 0 Å². The Bertz CT molecular complexity index is 1350. The van der Waals surface area contributed by atoms with Crippen molar-refractivity contribution in [2.75, 3.05) is 0 Å². The highest BCUT2D eigenvalue weighted by molar-refractivity contribution is 6.31. The van der Waals surface area contributed by atoms with Gasteiger partial charge in [0.25, 0.3) is 0 Å².